The zero-order chi connectivity index (χ0) is 21.3. The summed E-state index contributed by atoms with van der Waals surface area (Å²) in [6, 6.07) is 20.0. The van der Waals surface area contributed by atoms with Crippen LogP contribution in [-0.4, -0.2) is 26.6 Å². The molecule has 0 aliphatic carbocycles. The second-order valence-corrected chi connectivity index (χ2v) is 10.1. The molecule has 0 aromatic heterocycles. The van der Waals surface area contributed by atoms with E-state index in [1.54, 1.807) is 36.0 Å². The Hall–Kier alpha value is -2.77. The van der Waals surface area contributed by atoms with Crippen molar-refractivity contribution >= 4 is 39.1 Å². The summed E-state index contributed by atoms with van der Waals surface area (Å²) in [5, 5.41) is 2.88. The molecule has 0 saturated carbocycles. The molecule has 0 radical (unpaired) electrons. The summed E-state index contributed by atoms with van der Waals surface area (Å²) < 4.78 is 27.9. The molecule has 1 aliphatic heterocycles. The van der Waals surface area contributed by atoms with Crippen molar-refractivity contribution in [3.63, 3.8) is 0 Å². The Morgan fingerprint density at radius 2 is 1.73 bits per heavy atom. The molecule has 1 amide bonds. The first-order valence-electron chi connectivity index (χ1n) is 9.66. The largest absolute Gasteiger partial charge is 0.323 e. The van der Waals surface area contributed by atoms with E-state index in [1.165, 1.54) is 4.31 Å². The number of fused-ring (bicyclic) bond motifs is 3. The van der Waals surface area contributed by atoms with Crippen LogP contribution in [0, 0.1) is 6.92 Å². The second kappa shape index (κ2) is 8.16. The van der Waals surface area contributed by atoms with Gasteiger partial charge in [0.1, 0.15) is 6.54 Å². The first kappa shape index (κ1) is 20.5. The molecule has 3 aromatic rings. The van der Waals surface area contributed by atoms with E-state index in [9.17, 15) is 13.2 Å². The van der Waals surface area contributed by atoms with Gasteiger partial charge < -0.3 is 5.32 Å². The highest BCUT2D eigenvalue weighted by Gasteiger charge is 2.35. The average Bonchev–Trinajstić information content (AvgIpc) is 2.73. The molecule has 0 fully saturated rings. The summed E-state index contributed by atoms with van der Waals surface area (Å²) in [5.74, 6) is 0.491. The Labute approximate surface area is 181 Å². The lowest BCUT2D eigenvalue weighted by Gasteiger charge is -2.32. The predicted molar refractivity (Wildman–Crippen MR) is 123 cm³/mol. The number of thioether (sulfide) groups is 1. The van der Waals surface area contributed by atoms with Crippen LogP contribution in [0.1, 0.15) is 12.5 Å². The normalized spacial score (nSPS) is 14.0. The van der Waals surface area contributed by atoms with E-state index in [0.29, 0.717) is 16.9 Å². The molecule has 1 heterocycles. The standard InChI is InChI=1S/C23H22N2O3S2/c1-3-29-21-10-6-5-9-19(21)24-23(26)15-25-20-13-12-16(2)14-18(20)17-8-4-7-11-22(17)30(25,27)28/h4-14H,3,15H2,1-2H3,(H,24,26). The number of rotatable bonds is 5. The number of amides is 1. The van der Waals surface area contributed by atoms with Gasteiger partial charge in [0.05, 0.1) is 16.3 Å². The lowest BCUT2D eigenvalue weighted by molar-refractivity contribution is -0.114. The number of aryl methyl sites for hydroxylation is 1. The maximum absolute atomic E-state index is 13.4. The van der Waals surface area contributed by atoms with Gasteiger partial charge in [0.15, 0.2) is 0 Å². The third-order valence-electron chi connectivity index (χ3n) is 4.91. The van der Waals surface area contributed by atoms with E-state index in [4.69, 9.17) is 0 Å². The van der Waals surface area contributed by atoms with E-state index < -0.39 is 10.0 Å². The van der Waals surface area contributed by atoms with Gasteiger partial charge in [-0.15, -0.1) is 11.8 Å². The minimum atomic E-state index is -3.85. The fraction of sp³-hybridized carbons (Fsp3) is 0.174. The van der Waals surface area contributed by atoms with Gasteiger partial charge in [0, 0.05) is 16.0 Å². The maximum Gasteiger partial charge on any atom is 0.265 e. The number of para-hydroxylation sites is 1. The Morgan fingerprint density at radius 1 is 1.00 bits per heavy atom. The molecule has 4 rings (SSSR count). The van der Waals surface area contributed by atoms with Crippen LogP contribution in [0.5, 0.6) is 0 Å². The Bertz CT molecular complexity index is 1220. The Balaban J connectivity index is 1.70. The van der Waals surface area contributed by atoms with E-state index in [0.717, 1.165) is 21.8 Å². The summed E-state index contributed by atoms with van der Waals surface area (Å²) >= 11 is 1.62. The van der Waals surface area contributed by atoms with Crippen molar-refractivity contribution in [2.75, 3.05) is 21.9 Å². The molecule has 1 N–H and O–H groups in total. The highest BCUT2D eigenvalue weighted by Crippen LogP contribution is 2.43. The smallest absolute Gasteiger partial charge is 0.265 e. The van der Waals surface area contributed by atoms with Gasteiger partial charge in [0.2, 0.25) is 5.91 Å². The summed E-state index contributed by atoms with van der Waals surface area (Å²) in [4.78, 5) is 14.1. The molecule has 7 heteroatoms. The molecule has 0 bridgehead atoms. The van der Waals surface area contributed by atoms with E-state index in [2.05, 4.69) is 5.32 Å². The van der Waals surface area contributed by atoms with Gasteiger partial charge in [-0.3, -0.25) is 9.10 Å². The molecule has 0 saturated heterocycles. The summed E-state index contributed by atoms with van der Waals surface area (Å²) in [6.45, 7) is 3.71. The predicted octanol–water partition coefficient (Wildman–Crippen LogP) is 4.92. The van der Waals surface area contributed by atoms with Crippen molar-refractivity contribution < 1.29 is 13.2 Å². The van der Waals surface area contributed by atoms with E-state index in [1.807, 2.05) is 56.3 Å². The number of hydrogen-bond donors (Lipinski definition) is 1. The number of carbonyl (C=O) groups excluding carboxylic acids is 1. The third kappa shape index (κ3) is 3.70. The molecule has 154 valence electrons. The van der Waals surface area contributed by atoms with Crippen molar-refractivity contribution in [2.45, 2.75) is 23.6 Å². The van der Waals surface area contributed by atoms with Crippen LogP contribution in [0.4, 0.5) is 11.4 Å². The van der Waals surface area contributed by atoms with Gasteiger partial charge in [-0.05, 0) is 43.0 Å². The van der Waals surface area contributed by atoms with Gasteiger partial charge >= 0.3 is 0 Å². The zero-order valence-corrected chi connectivity index (χ0v) is 18.4. The van der Waals surface area contributed by atoms with Crippen molar-refractivity contribution in [3.8, 4) is 11.1 Å². The highest BCUT2D eigenvalue weighted by molar-refractivity contribution is 7.99. The number of benzene rings is 3. The van der Waals surface area contributed by atoms with Crippen molar-refractivity contribution in [2.24, 2.45) is 0 Å². The first-order chi connectivity index (χ1) is 14.4. The summed E-state index contributed by atoms with van der Waals surface area (Å²) in [5.41, 5.74) is 3.71. The topological polar surface area (TPSA) is 66.5 Å². The van der Waals surface area contributed by atoms with Gasteiger partial charge in [-0.1, -0.05) is 48.9 Å². The lowest BCUT2D eigenvalue weighted by atomic mass is 10.0. The molecule has 5 nitrogen and oxygen atoms in total. The molecule has 0 atom stereocenters. The fourth-order valence-electron chi connectivity index (χ4n) is 3.59. The number of hydrogen-bond acceptors (Lipinski definition) is 4. The molecule has 0 unspecified atom stereocenters. The van der Waals surface area contributed by atoms with Gasteiger partial charge in [-0.2, -0.15) is 0 Å². The van der Waals surface area contributed by atoms with Crippen LogP contribution in [0.3, 0.4) is 0 Å². The van der Waals surface area contributed by atoms with Crippen molar-refractivity contribution in [1.29, 1.82) is 0 Å². The van der Waals surface area contributed by atoms with Crippen LogP contribution < -0.4 is 9.62 Å². The first-order valence-corrected chi connectivity index (χ1v) is 12.1. The van der Waals surface area contributed by atoms with Crippen LogP contribution in [-0.2, 0) is 14.8 Å². The van der Waals surface area contributed by atoms with Crippen LogP contribution in [0.25, 0.3) is 11.1 Å². The molecule has 1 aliphatic rings. The lowest BCUT2D eigenvalue weighted by Crippen LogP contribution is -2.40. The molecule has 30 heavy (non-hydrogen) atoms. The third-order valence-corrected chi connectivity index (χ3v) is 7.69. The van der Waals surface area contributed by atoms with Crippen LogP contribution in [0.15, 0.2) is 76.5 Å². The summed E-state index contributed by atoms with van der Waals surface area (Å²) in [7, 11) is -3.85. The Morgan fingerprint density at radius 3 is 2.53 bits per heavy atom. The van der Waals surface area contributed by atoms with Crippen molar-refractivity contribution in [1.82, 2.24) is 0 Å². The number of nitrogens with one attached hydrogen (secondary N) is 1. The molecule has 0 spiro atoms. The molecular weight excluding hydrogens is 416 g/mol. The zero-order valence-electron chi connectivity index (χ0n) is 16.8. The van der Waals surface area contributed by atoms with Crippen LogP contribution >= 0.6 is 11.8 Å². The quantitative estimate of drug-likeness (QED) is 0.574. The van der Waals surface area contributed by atoms with E-state index in [-0.39, 0.29) is 17.3 Å². The minimum absolute atomic E-state index is 0.220. The van der Waals surface area contributed by atoms with Gasteiger partial charge in [-0.25, -0.2) is 8.42 Å². The monoisotopic (exact) mass is 438 g/mol. The molecule has 3 aromatic carbocycles. The number of carbonyl (C=O) groups is 1. The summed E-state index contributed by atoms with van der Waals surface area (Å²) in [6.07, 6.45) is 0. The maximum atomic E-state index is 13.4. The average molecular weight is 439 g/mol. The SMILES string of the molecule is CCSc1ccccc1NC(=O)CN1c2ccc(C)cc2-c2ccccc2S1(=O)=O. The number of nitrogens with zero attached hydrogens (tertiary/aromatic N) is 1. The fourth-order valence-corrected chi connectivity index (χ4v) is 6.00. The van der Waals surface area contributed by atoms with E-state index >= 15 is 0 Å². The Kier molecular flexibility index (Phi) is 5.58. The molecular formula is C23H22N2O3S2. The highest BCUT2D eigenvalue weighted by atomic mass is 32.2. The second-order valence-electron chi connectivity index (χ2n) is 7.01. The van der Waals surface area contributed by atoms with Crippen molar-refractivity contribution in [3.05, 3.63) is 72.3 Å². The number of anilines is 2. The number of sulfonamides is 1. The van der Waals surface area contributed by atoms with Gasteiger partial charge in [0.25, 0.3) is 10.0 Å². The minimum Gasteiger partial charge on any atom is -0.323 e. The van der Waals surface area contributed by atoms with Crippen LogP contribution in [0.2, 0.25) is 0 Å².